The molecule has 31 heavy (non-hydrogen) atoms. The molecule has 0 amide bonds. The van der Waals surface area contributed by atoms with E-state index in [1.807, 2.05) is 12.1 Å². The van der Waals surface area contributed by atoms with Crippen molar-refractivity contribution in [1.29, 1.82) is 0 Å². The maximum absolute atomic E-state index is 13.4. The van der Waals surface area contributed by atoms with Crippen molar-refractivity contribution in [3.8, 4) is 0 Å². The lowest BCUT2D eigenvalue weighted by atomic mass is 10.0. The molecule has 2 aromatic carbocycles. The minimum atomic E-state index is -0.206. The molecule has 1 aliphatic heterocycles. The van der Waals surface area contributed by atoms with E-state index < -0.39 is 0 Å². The Morgan fingerprint density at radius 1 is 1.10 bits per heavy atom. The fourth-order valence-electron chi connectivity index (χ4n) is 4.26. The van der Waals surface area contributed by atoms with Crippen LogP contribution in [0.3, 0.4) is 0 Å². The van der Waals surface area contributed by atoms with E-state index in [0.29, 0.717) is 18.4 Å². The average Bonchev–Trinajstić information content (AvgIpc) is 3.58. The molecule has 3 atom stereocenters. The van der Waals surface area contributed by atoms with Crippen molar-refractivity contribution in [3.63, 3.8) is 0 Å². The zero-order chi connectivity index (χ0) is 20.8. The van der Waals surface area contributed by atoms with E-state index in [9.17, 15) is 4.39 Å². The molecule has 0 bridgehead atoms. The summed E-state index contributed by atoms with van der Waals surface area (Å²) in [5, 5.41) is 6.97. The van der Waals surface area contributed by atoms with E-state index in [0.717, 1.165) is 44.4 Å². The summed E-state index contributed by atoms with van der Waals surface area (Å²) in [5.74, 6) is 1.91. The number of nitrogens with zero attached hydrogens (tertiary/aromatic N) is 2. The fourth-order valence-corrected chi connectivity index (χ4v) is 4.26. The van der Waals surface area contributed by atoms with E-state index in [1.165, 1.54) is 24.1 Å². The van der Waals surface area contributed by atoms with Gasteiger partial charge in [-0.3, -0.25) is 9.89 Å². The standard InChI is InChI=1S/C24H31FN4O.HI/c1-26-24(27-16-20-15-22(20)18-5-3-2-4-6-18)28-17-23(29-11-13-30-14-12-29)19-7-9-21(25)10-8-19;/h2-10,20,22-23H,11-17H2,1H3,(H2,26,27,28);1H. The first-order valence-electron chi connectivity index (χ1n) is 10.8. The highest BCUT2D eigenvalue weighted by molar-refractivity contribution is 14.0. The first kappa shape index (κ1) is 23.9. The number of hydrogen-bond acceptors (Lipinski definition) is 3. The molecule has 2 aromatic rings. The van der Waals surface area contributed by atoms with Crippen molar-refractivity contribution < 1.29 is 9.13 Å². The SMILES string of the molecule is CN=C(NCC1CC1c1ccccc1)NCC(c1ccc(F)cc1)N1CCOCC1.I. The van der Waals surface area contributed by atoms with Crippen LogP contribution in [0.5, 0.6) is 0 Å². The van der Waals surface area contributed by atoms with E-state index >= 15 is 0 Å². The van der Waals surface area contributed by atoms with Gasteiger partial charge in [0.05, 0.1) is 19.3 Å². The van der Waals surface area contributed by atoms with Crippen LogP contribution in [0, 0.1) is 11.7 Å². The van der Waals surface area contributed by atoms with Crippen LogP contribution in [-0.2, 0) is 4.74 Å². The molecule has 0 radical (unpaired) electrons. The van der Waals surface area contributed by atoms with Crippen molar-refractivity contribution in [3.05, 3.63) is 71.5 Å². The van der Waals surface area contributed by atoms with Gasteiger partial charge in [0.25, 0.3) is 0 Å². The van der Waals surface area contributed by atoms with E-state index in [4.69, 9.17) is 4.74 Å². The summed E-state index contributed by atoms with van der Waals surface area (Å²) in [5.41, 5.74) is 2.53. The quantitative estimate of drug-likeness (QED) is 0.320. The van der Waals surface area contributed by atoms with Crippen LogP contribution >= 0.6 is 24.0 Å². The van der Waals surface area contributed by atoms with Gasteiger partial charge in [0.2, 0.25) is 0 Å². The Morgan fingerprint density at radius 3 is 2.48 bits per heavy atom. The van der Waals surface area contributed by atoms with Crippen LogP contribution in [0.15, 0.2) is 59.6 Å². The lowest BCUT2D eigenvalue weighted by Gasteiger charge is -2.35. The molecule has 4 rings (SSSR count). The van der Waals surface area contributed by atoms with E-state index in [2.05, 4.69) is 50.9 Å². The summed E-state index contributed by atoms with van der Waals surface area (Å²) >= 11 is 0. The zero-order valence-corrected chi connectivity index (χ0v) is 20.3. The highest BCUT2D eigenvalue weighted by atomic mass is 127. The summed E-state index contributed by atoms with van der Waals surface area (Å²) < 4.78 is 18.9. The monoisotopic (exact) mass is 538 g/mol. The number of benzene rings is 2. The normalized spacial score (nSPS) is 22.3. The van der Waals surface area contributed by atoms with Gasteiger partial charge >= 0.3 is 0 Å². The number of guanidine groups is 1. The minimum Gasteiger partial charge on any atom is -0.379 e. The highest BCUT2D eigenvalue weighted by Gasteiger charge is 2.37. The van der Waals surface area contributed by atoms with Crippen LogP contribution in [0.2, 0.25) is 0 Å². The van der Waals surface area contributed by atoms with Crippen LogP contribution in [0.1, 0.15) is 29.5 Å². The number of morpholine rings is 1. The molecule has 1 heterocycles. The van der Waals surface area contributed by atoms with Gasteiger partial charge in [0.1, 0.15) is 5.82 Å². The molecule has 1 aliphatic carbocycles. The van der Waals surface area contributed by atoms with E-state index in [1.54, 1.807) is 7.05 Å². The topological polar surface area (TPSA) is 48.9 Å². The van der Waals surface area contributed by atoms with Crippen LogP contribution in [0.25, 0.3) is 0 Å². The van der Waals surface area contributed by atoms with E-state index in [-0.39, 0.29) is 35.8 Å². The Labute approximate surface area is 201 Å². The largest absolute Gasteiger partial charge is 0.379 e. The summed E-state index contributed by atoms with van der Waals surface area (Å²) in [6.07, 6.45) is 1.22. The second-order valence-electron chi connectivity index (χ2n) is 8.06. The number of aliphatic imine (C=N–C) groups is 1. The molecule has 0 aromatic heterocycles. The summed E-state index contributed by atoms with van der Waals surface area (Å²) in [6.45, 7) is 4.82. The molecule has 1 saturated heterocycles. The predicted octanol–water partition coefficient (Wildman–Crippen LogP) is 3.79. The zero-order valence-electron chi connectivity index (χ0n) is 18.0. The number of hydrogen-bond donors (Lipinski definition) is 2. The van der Waals surface area contributed by atoms with Gasteiger partial charge in [-0.2, -0.15) is 0 Å². The molecular weight excluding hydrogens is 506 g/mol. The fraction of sp³-hybridized carbons (Fsp3) is 0.458. The Hall–Kier alpha value is -1.71. The van der Waals surface area contributed by atoms with Gasteiger partial charge in [0, 0.05) is 33.2 Å². The predicted molar refractivity (Wildman–Crippen MR) is 134 cm³/mol. The molecule has 2 N–H and O–H groups in total. The third-order valence-corrected chi connectivity index (χ3v) is 6.11. The molecule has 2 fully saturated rings. The van der Waals surface area contributed by atoms with Crippen LogP contribution < -0.4 is 10.6 Å². The first-order chi connectivity index (χ1) is 14.7. The second-order valence-corrected chi connectivity index (χ2v) is 8.06. The molecule has 5 nitrogen and oxygen atoms in total. The van der Waals surface area contributed by atoms with Gasteiger partial charge in [0.15, 0.2) is 5.96 Å². The summed E-state index contributed by atoms with van der Waals surface area (Å²) in [7, 11) is 1.80. The third kappa shape index (κ3) is 6.63. The smallest absolute Gasteiger partial charge is 0.191 e. The third-order valence-electron chi connectivity index (χ3n) is 6.11. The number of nitrogens with one attached hydrogen (secondary N) is 2. The van der Waals surface area contributed by atoms with Gasteiger partial charge < -0.3 is 15.4 Å². The van der Waals surface area contributed by atoms with Crippen molar-refractivity contribution in [2.45, 2.75) is 18.4 Å². The number of rotatable bonds is 7. The molecular formula is C24H32FIN4O. The van der Waals surface area contributed by atoms with Crippen molar-refractivity contribution in [2.24, 2.45) is 10.9 Å². The van der Waals surface area contributed by atoms with Crippen molar-refractivity contribution in [2.75, 3.05) is 46.4 Å². The van der Waals surface area contributed by atoms with Crippen molar-refractivity contribution >= 4 is 29.9 Å². The van der Waals surface area contributed by atoms with Crippen molar-refractivity contribution in [1.82, 2.24) is 15.5 Å². The lowest BCUT2D eigenvalue weighted by molar-refractivity contribution is 0.0170. The minimum absolute atomic E-state index is 0. The molecule has 1 saturated carbocycles. The first-order valence-corrected chi connectivity index (χ1v) is 10.8. The maximum Gasteiger partial charge on any atom is 0.191 e. The van der Waals surface area contributed by atoms with Crippen LogP contribution in [0.4, 0.5) is 4.39 Å². The number of ether oxygens (including phenoxy) is 1. The maximum atomic E-state index is 13.4. The second kappa shape index (κ2) is 11.8. The summed E-state index contributed by atoms with van der Waals surface area (Å²) in [6, 6.07) is 17.7. The molecule has 168 valence electrons. The van der Waals surface area contributed by atoms with Gasteiger partial charge in [-0.25, -0.2) is 4.39 Å². The van der Waals surface area contributed by atoms with Gasteiger partial charge in [-0.1, -0.05) is 42.5 Å². The highest BCUT2D eigenvalue weighted by Crippen LogP contribution is 2.46. The Morgan fingerprint density at radius 2 is 1.81 bits per heavy atom. The summed E-state index contributed by atoms with van der Waals surface area (Å²) in [4.78, 5) is 6.79. The molecule has 0 spiro atoms. The number of halogens is 2. The molecule has 2 aliphatic rings. The molecule has 3 unspecified atom stereocenters. The lowest BCUT2D eigenvalue weighted by Crippen LogP contribution is -2.46. The Bertz CT molecular complexity index is 827. The molecule has 7 heteroatoms. The van der Waals surface area contributed by atoms with Crippen LogP contribution in [-0.4, -0.2) is 57.3 Å². The van der Waals surface area contributed by atoms with Gasteiger partial charge in [-0.05, 0) is 41.5 Å². The Kier molecular flexibility index (Phi) is 9.10. The van der Waals surface area contributed by atoms with Gasteiger partial charge in [-0.15, -0.1) is 24.0 Å². The Balaban J connectivity index is 0.00000272. The average molecular weight is 538 g/mol.